The Kier molecular flexibility index (Phi) is 13.7. The average Bonchev–Trinajstić information content (AvgIpc) is 3.80. The number of hydrogen-bond acceptors (Lipinski definition) is 12. The number of hydrogen-bond donors (Lipinski definition) is 4. The van der Waals surface area contributed by atoms with E-state index in [-0.39, 0.29) is 57.3 Å². The first kappa shape index (κ1) is 44.7. The Morgan fingerprint density at radius 1 is 0.800 bits per heavy atom. The summed E-state index contributed by atoms with van der Waals surface area (Å²) in [7, 11) is 1.44. The zero-order valence-electron chi connectivity index (χ0n) is 35.6. The van der Waals surface area contributed by atoms with Gasteiger partial charge in [-0.25, -0.2) is 9.69 Å². The molecule has 5 aromatic carbocycles. The van der Waals surface area contributed by atoms with E-state index < -0.39 is 65.5 Å². The van der Waals surface area contributed by atoms with E-state index in [0.717, 1.165) is 4.90 Å². The zero-order chi connectivity index (χ0) is 45.5. The van der Waals surface area contributed by atoms with Crippen molar-refractivity contribution in [3.05, 3.63) is 167 Å². The summed E-state index contributed by atoms with van der Waals surface area (Å²) in [5.74, 6) is 2.28. The van der Waals surface area contributed by atoms with Crippen molar-refractivity contribution >= 4 is 29.6 Å². The molecule has 0 aromatic heterocycles. The van der Waals surface area contributed by atoms with Gasteiger partial charge in [0.2, 0.25) is 11.8 Å². The van der Waals surface area contributed by atoms with Gasteiger partial charge in [0.15, 0.2) is 0 Å². The van der Waals surface area contributed by atoms with Crippen molar-refractivity contribution < 1.29 is 53.4 Å². The minimum absolute atomic E-state index is 0.0322. The van der Waals surface area contributed by atoms with Crippen LogP contribution < -0.4 is 15.0 Å². The van der Waals surface area contributed by atoms with Crippen molar-refractivity contribution in [3.8, 4) is 17.6 Å². The van der Waals surface area contributed by atoms with Crippen LogP contribution in [-0.4, -0.2) is 96.8 Å². The molecule has 3 heterocycles. The Morgan fingerprint density at radius 2 is 1.49 bits per heavy atom. The highest BCUT2D eigenvalue weighted by molar-refractivity contribution is 6.23. The van der Waals surface area contributed by atoms with Gasteiger partial charge >= 0.3 is 12.1 Å². The molecular weight excluding hydrogens is 831 g/mol. The summed E-state index contributed by atoms with van der Waals surface area (Å²) in [6, 6.07) is 35.5. The van der Waals surface area contributed by atoms with Crippen molar-refractivity contribution in [1.82, 2.24) is 10.2 Å². The number of carbonyl (C=O) groups is 4. The number of ether oxygens (including phenoxy) is 4. The number of anilines is 1. The second-order valence-corrected chi connectivity index (χ2v) is 15.8. The number of morpholine rings is 1. The fourth-order valence-electron chi connectivity index (χ4n) is 9.50. The molecule has 0 radical (unpaired) electrons. The number of amides is 3. The van der Waals surface area contributed by atoms with Gasteiger partial charge in [-0.1, -0.05) is 115 Å². The van der Waals surface area contributed by atoms with Crippen molar-refractivity contribution in [1.29, 1.82) is 0 Å². The van der Waals surface area contributed by atoms with E-state index in [9.17, 15) is 20.1 Å². The van der Waals surface area contributed by atoms with E-state index >= 15 is 14.4 Å². The summed E-state index contributed by atoms with van der Waals surface area (Å²) in [6.07, 6.45) is -3.01. The van der Waals surface area contributed by atoms with E-state index in [1.807, 2.05) is 65.6 Å². The topological polar surface area (TPSA) is 184 Å². The van der Waals surface area contributed by atoms with E-state index in [2.05, 4.69) is 17.2 Å². The molecule has 0 saturated carbocycles. The Bertz CT molecular complexity index is 2570. The minimum Gasteiger partial charge on any atom is -0.491 e. The van der Waals surface area contributed by atoms with Crippen LogP contribution in [-0.2, 0) is 34.0 Å². The van der Waals surface area contributed by atoms with Gasteiger partial charge in [-0.3, -0.25) is 19.3 Å². The van der Waals surface area contributed by atoms with Gasteiger partial charge in [-0.15, -0.1) is 0 Å². The first-order chi connectivity index (χ1) is 31.7. The van der Waals surface area contributed by atoms with Crippen molar-refractivity contribution in [3.63, 3.8) is 0 Å². The smallest absolute Gasteiger partial charge is 0.421 e. The van der Waals surface area contributed by atoms with Crippen LogP contribution in [0.4, 0.5) is 10.5 Å². The fourth-order valence-corrected chi connectivity index (χ4v) is 9.50. The predicted octanol–water partition coefficient (Wildman–Crippen LogP) is 5.09. The van der Waals surface area contributed by atoms with Gasteiger partial charge in [0.05, 0.1) is 49.6 Å². The lowest BCUT2D eigenvalue weighted by Gasteiger charge is -2.46. The van der Waals surface area contributed by atoms with Crippen LogP contribution in [0.15, 0.2) is 133 Å². The number of fused-ring (bicyclic) bond motifs is 3. The molecule has 1 spiro atoms. The Balaban J connectivity index is 1.43. The molecule has 4 N–H and O–H groups in total. The molecule has 3 amide bonds. The number of imide groups is 1. The predicted molar refractivity (Wildman–Crippen MR) is 237 cm³/mol. The maximum Gasteiger partial charge on any atom is 0.421 e. The van der Waals surface area contributed by atoms with Gasteiger partial charge in [0, 0.05) is 25.6 Å². The molecule has 3 aliphatic heterocycles. The largest absolute Gasteiger partial charge is 0.491 e. The van der Waals surface area contributed by atoms with Gasteiger partial charge in [0.1, 0.15) is 36.5 Å². The van der Waals surface area contributed by atoms with Crippen molar-refractivity contribution in [2.75, 3.05) is 51.6 Å². The fraction of sp³-hybridized carbons (Fsp3) is 0.294. The summed E-state index contributed by atoms with van der Waals surface area (Å²) in [5.41, 5.74) is 0.934. The highest BCUT2D eigenvalue weighted by atomic mass is 16.6. The van der Waals surface area contributed by atoms with E-state index in [1.165, 1.54) is 7.11 Å². The number of rotatable bonds is 14. The third-order valence-corrected chi connectivity index (χ3v) is 12.1. The number of esters is 1. The second-order valence-electron chi connectivity index (χ2n) is 15.8. The van der Waals surface area contributed by atoms with Gasteiger partial charge in [-0.05, 0) is 58.1 Å². The van der Waals surface area contributed by atoms with Crippen LogP contribution in [0, 0.1) is 17.8 Å². The lowest BCUT2D eigenvalue weighted by atomic mass is 9.65. The zero-order valence-corrected chi connectivity index (χ0v) is 35.6. The number of methoxy groups -OCH3 is 1. The van der Waals surface area contributed by atoms with Crippen LogP contribution in [0.2, 0.25) is 0 Å². The Hall–Kier alpha value is -6.86. The van der Waals surface area contributed by atoms with Crippen molar-refractivity contribution in [2.45, 2.75) is 42.2 Å². The number of nitrogens with zero attached hydrogens (tertiary/aromatic N) is 2. The van der Waals surface area contributed by atoms with Crippen LogP contribution in [0.5, 0.6) is 5.75 Å². The summed E-state index contributed by atoms with van der Waals surface area (Å²) in [6.45, 7) is -0.986. The summed E-state index contributed by atoms with van der Waals surface area (Å²) in [5, 5.41) is 33.6. The van der Waals surface area contributed by atoms with Gasteiger partial charge in [-0.2, -0.15) is 0 Å². The average molecular weight is 880 g/mol. The third kappa shape index (κ3) is 8.48. The molecule has 3 aliphatic rings. The van der Waals surface area contributed by atoms with Gasteiger partial charge in [0.25, 0.3) is 0 Å². The molecule has 0 bridgehead atoms. The molecule has 14 heteroatoms. The van der Waals surface area contributed by atoms with Crippen LogP contribution in [0.25, 0.3) is 0 Å². The SMILES string of the molecule is COCCOC(=O)N1C(=O)C2(c3cc(C#CCCO)ccc31)C(C(=O)NCC(O)c1ccccc1)C1C(=O)OC(c3ccccc3)C(c3ccccc3)N1C2c1cccc(OCCO)c1. The molecule has 7 unspecified atom stereocenters. The molecule has 334 valence electrons. The molecule has 65 heavy (non-hydrogen) atoms. The molecule has 8 rings (SSSR count). The van der Waals surface area contributed by atoms with Crippen LogP contribution in [0.1, 0.15) is 64.1 Å². The lowest BCUT2D eigenvalue weighted by Crippen LogP contribution is -2.56. The summed E-state index contributed by atoms with van der Waals surface area (Å²) >= 11 is 0. The van der Waals surface area contributed by atoms with Gasteiger partial charge < -0.3 is 39.6 Å². The quantitative estimate of drug-likeness (QED) is 0.0660. The molecule has 14 nitrogen and oxygen atoms in total. The third-order valence-electron chi connectivity index (χ3n) is 12.1. The van der Waals surface area contributed by atoms with Crippen LogP contribution in [0.3, 0.4) is 0 Å². The standard InChI is InChI=1S/C51H49N3O11/c1-62-28-29-64-50(61)53-40-24-23-33(14-11-12-25-55)30-39(40)51(49(53)60)42(47(58)52-32-41(57)34-15-5-2-6-16-34)44-48(59)65-45(36-19-9-4-10-20-36)43(35-17-7-3-8-18-35)54(44)46(51)37-21-13-22-38(31-37)63-27-26-56/h2-10,13,15-24,30-31,41-46,55-57H,12,25-29,32H2,1H3,(H,52,58). The second kappa shape index (κ2) is 19.9. The normalized spacial score (nSPS) is 22.6. The number of aliphatic hydroxyl groups is 3. The number of nitrogens with one attached hydrogen (secondary N) is 1. The summed E-state index contributed by atoms with van der Waals surface area (Å²) in [4.78, 5) is 64.3. The van der Waals surface area contributed by atoms with E-state index in [4.69, 9.17) is 18.9 Å². The highest BCUT2D eigenvalue weighted by Crippen LogP contribution is 2.66. The molecule has 5 aromatic rings. The molecular formula is C51H49N3O11. The first-order valence-electron chi connectivity index (χ1n) is 21.4. The molecule has 2 fully saturated rings. The maximum atomic E-state index is 16.2. The molecule has 7 atom stereocenters. The number of cyclic esters (lactones) is 1. The van der Waals surface area contributed by atoms with E-state index in [0.29, 0.717) is 33.6 Å². The number of benzene rings is 5. The lowest BCUT2D eigenvalue weighted by molar-refractivity contribution is -0.178. The first-order valence-corrected chi connectivity index (χ1v) is 21.4. The van der Waals surface area contributed by atoms with Crippen LogP contribution >= 0.6 is 0 Å². The highest BCUT2D eigenvalue weighted by Gasteiger charge is 2.75. The van der Waals surface area contributed by atoms with Crippen molar-refractivity contribution in [2.24, 2.45) is 5.92 Å². The Morgan fingerprint density at radius 3 is 2.18 bits per heavy atom. The monoisotopic (exact) mass is 879 g/mol. The van der Waals surface area contributed by atoms with E-state index in [1.54, 1.807) is 72.8 Å². The molecule has 0 aliphatic carbocycles. The maximum absolute atomic E-state index is 16.2. The minimum atomic E-state index is -2.12. The number of carbonyl (C=O) groups excluding carboxylic acids is 4. The summed E-state index contributed by atoms with van der Waals surface area (Å²) < 4.78 is 23.2. The molecule has 2 saturated heterocycles. The Labute approximate surface area is 376 Å². The number of aliphatic hydroxyl groups excluding tert-OH is 3.